The van der Waals surface area contributed by atoms with Crippen LogP contribution in [0.3, 0.4) is 0 Å². The fourth-order valence-corrected chi connectivity index (χ4v) is 1.09. The maximum Gasteiger partial charge on any atom is 0.332 e. The van der Waals surface area contributed by atoms with Crippen molar-refractivity contribution in [3.8, 4) is 0 Å². The molecule has 88 valence electrons. The van der Waals surface area contributed by atoms with Gasteiger partial charge in [0.2, 0.25) is 0 Å². The molecule has 0 aliphatic carbocycles. The molecular weight excluding hydrogens is 192 g/mol. The van der Waals surface area contributed by atoms with Gasteiger partial charge in [-0.15, -0.1) is 0 Å². The summed E-state index contributed by atoms with van der Waals surface area (Å²) < 4.78 is 4.79. The molecule has 0 aromatic carbocycles. The summed E-state index contributed by atoms with van der Waals surface area (Å²) in [4.78, 5) is 13.2. The van der Waals surface area contributed by atoms with Crippen LogP contribution in [0, 0.1) is 0 Å². The molecule has 0 amide bonds. The van der Waals surface area contributed by atoms with Crippen molar-refractivity contribution >= 4 is 5.97 Å². The first-order valence-electron chi connectivity index (χ1n) is 5.30. The summed E-state index contributed by atoms with van der Waals surface area (Å²) in [6.45, 7) is 6.00. The zero-order chi connectivity index (χ0) is 11.7. The van der Waals surface area contributed by atoms with Gasteiger partial charge in [0.1, 0.15) is 0 Å². The fourth-order valence-electron chi connectivity index (χ4n) is 1.09. The van der Waals surface area contributed by atoms with Gasteiger partial charge in [-0.25, -0.2) is 4.79 Å². The first-order chi connectivity index (χ1) is 7.06. The van der Waals surface area contributed by atoms with Crippen LogP contribution in [0.4, 0.5) is 0 Å². The highest BCUT2D eigenvalue weighted by Gasteiger charge is 1.97. The van der Waals surface area contributed by atoms with Crippen molar-refractivity contribution in [2.75, 3.05) is 33.8 Å². The summed E-state index contributed by atoms with van der Waals surface area (Å²) in [6, 6.07) is 0. The Bertz CT molecular complexity index is 213. The van der Waals surface area contributed by atoms with Gasteiger partial charge in [-0.3, -0.25) is 0 Å². The number of nitrogens with one attached hydrogen (secondary N) is 1. The minimum absolute atomic E-state index is 0.282. The number of nitrogens with zero attached hydrogens (tertiary/aromatic N) is 1. The molecule has 0 aliphatic heterocycles. The van der Waals surface area contributed by atoms with E-state index in [0.29, 0.717) is 6.61 Å². The normalized spacial score (nSPS) is 11.7. The van der Waals surface area contributed by atoms with Crippen molar-refractivity contribution in [2.45, 2.75) is 20.3 Å². The number of hydrogen-bond donors (Lipinski definition) is 1. The first-order valence-corrected chi connectivity index (χ1v) is 5.30. The SMILES string of the molecule is CCOC(=O)/C=C(/C)NCCCN(C)C. The van der Waals surface area contributed by atoms with E-state index in [1.165, 1.54) is 6.08 Å². The number of carbonyl (C=O) groups excluding carboxylic acids is 1. The minimum Gasteiger partial charge on any atom is -0.463 e. The third-order valence-electron chi connectivity index (χ3n) is 1.81. The van der Waals surface area contributed by atoms with E-state index in [9.17, 15) is 4.79 Å². The lowest BCUT2D eigenvalue weighted by Gasteiger charge is -2.10. The third-order valence-corrected chi connectivity index (χ3v) is 1.81. The molecule has 0 atom stereocenters. The summed E-state index contributed by atoms with van der Waals surface area (Å²) in [5.41, 5.74) is 0.854. The Hall–Kier alpha value is -1.03. The first kappa shape index (κ1) is 14.0. The van der Waals surface area contributed by atoms with Crippen molar-refractivity contribution < 1.29 is 9.53 Å². The molecule has 0 heterocycles. The second kappa shape index (κ2) is 8.29. The van der Waals surface area contributed by atoms with E-state index in [2.05, 4.69) is 10.2 Å². The smallest absolute Gasteiger partial charge is 0.332 e. The van der Waals surface area contributed by atoms with Gasteiger partial charge in [0.25, 0.3) is 0 Å². The Labute approximate surface area is 92.3 Å². The van der Waals surface area contributed by atoms with Crippen LogP contribution < -0.4 is 5.32 Å². The van der Waals surface area contributed by atoms with E-state index < -0.39 is 0 Å². The number of ether oxygens (including phenoxy) is 1. The second-order valence-corrected chi connectivity index (χ2v) is 3.66. The molecule has 1 N–H and O–H groups in total. The number of esters is 1. The second-order valence-electron chi connectivity index (χ2n) is 3.66. The molecule has 0 aromatic rings. The maximum absolute atomic E-state index is 11.0. The third kappa shape index (κ3) is 9.28. The van der Waals surface area contributed by atoms with Crippen LogP contribution in [0.2, 0.25) is 0 Å². The molecule has 0 bridgehead atoms. The standard InChI is InChI=1S/C11H22N2O2/c1-5-15-11(14)9-10(2)12-7-6-8-13(3)4/h9,12H,5-8H2,1-4H3/b10-9-. The van der Waals surface area contributed by atoms with Crippen LogP contribution in [-0.4, -0.2) is 44.7 Å². The quantitative estimate of drug-likeness (QED) is 0.390. The molecule has 0 radical (unpaired) electrons. The van der Waals surface area contributed by atoms with Crippen molar-refractivity contribution in [3.63, 3.8) is 0 Å². The molecular formula is C11H22N2O2. The molecule has 15 heavy (non-hydrogen) atoms. The average Bonchev–Trinajstić information content (AvgIpc) is 2.12. The number of carbonyl (C=O) groups is 1. The van der Waals surface area contributed by atoms with Gasteiger partial charge < -0.3 is 15.0 Å². The molecule has 0 aliphatic rings. The number of hydrogen-bond acceptors (Lipinski definition) is 4. The van der Waals surface area contributed by atoms with Crippen LogP contribution >= 0.6 is 0 Å². The Morgan fingerprint density at radius 1 is 1.47 bits per heavy atom. The van der Waals surface area contributed by atoms with Gasteiger partial charge in [-0.05, 0) is 40.9 Å². The van der Waals surface area contributed by atoms with E-state index in [4.69, 9.17) is 4.74 Å². The average molecular weight is 214 g/mol. The van der Waals surface area contributed by atoms with Gasteiger partial charge in [0, 0.05) is 18.3 Å². The number of allylic oxidation sites excluding steroid dienone is 1. The topological polar surface area (TPSA) is 41.6 Å². The molecule has 4 heteroatoms. The molecule has 4 nitrogen and oxygen atoms in total. The van der Waals surface area contributed by atoms with Gasteiger partial charge >= 0.3 is 5.97 Å². The molecule has 0 aromatic heterocycles. The lowest BCUT2D eigenvalue weighted by Crippen LogP contribution is -2.20. The van der Waals surface area contributed by atoms with Crippen LogP contribution in [0.25, 0.3) is 0 Å². The summed E-state index contributed by atoms with van der Waals surface area (Å²) >= 11 is 0. The Morgan fingerprint density at radius 3 is 2.67 bits per heavy atom. The van der Waals surface area contributed by atoms with Crippen LogP contribution in [0.1, 0.15) is 20.3 Å². The Morgan fingerprint density at radius 2 is 2.13 bits per heavy atom. The molecule has 0 saturated heterocycles. The van der Waals surface area contributed by atoms with Crippen molar-refractivity contribution in [1.82, 2.24) is 10.2 Å². The predicted molar refractivity (Wildman–Crippen MR) is 61.6 cm³/mol. The molecule has 0 rings (SSSR count). The van der Waals surface area contributed by atoms with Crippen molar-refractivity contribution in [3.05, 3.63) is 11.8 Å². The summed E-state index contributed by atoms with van der Waals surface area (Å²) in [5, 5.41) is 3.16. The number of rotatable bonds is 7. The van der Waals surface area contributed by atoms with Crippen molar-refractivity contribution in [2.24, 2.45) is 0 Å². The predicted octanol–water partition coefficient (Wildman–Crippen LogP) is 0.995. The van der Waals surface area contributed by atoms with E-state index in [1.807, 2.05) is 21.0 Å². The Balaban J connectivity index is 3.63. The van der Waals surface area contributed by atoms with Crippen molar-refractivity contribution in [1.29, 1.82) is 0 Å². The highest BCUT2D eigenvalue weighted by molar-refractivity contribution is 5.82. The largest absolute Gasteiger partial charge is 0.463 e. The molecule has 0 fully saturated rings. The minimum atomic E-state index is -0.282. The van der Waals surface area contributed by atoms with Gasteiger partial charge in [-0.2, -0.15) is 0 Å². The Kier molecular flexibility index (Phi) is 7.72. The lowest BCUT2D eigenvalue weighted by molar-refractivity contribution is -0.137. The maximum atomic E-state index is 11.0. The zero-order valence-electron chi connectivity index (χ0n) is 10.2. The van der Waals surface area contributed by atoms with E-state index in [0.717, 1.165) is 25.2 Å². The summed E-state index contributed by atoms with van der Waals surface area (Å²) in [5.74, 6) is -0.282. The van der Waals surface area contributed by atoms with E-state index >= 15 is 0 Å². The fraction of sp³-hybridized carbons (Fsp3) is 0.727. The van der Waals surface area contributed by atoms with E-state index in [-0.39, 0.29) is 5.97 Å². The van der Waals surface area contributed by atoms with Crippen LogP contribution in [-0.2, 0) is 9.53 Å². The highest BCUT2D eigenvalue weighted by Crippen LogP contribution is 1.90. The lowest BCUT2D eigenvalue weighted by atomic mass is 10.3. The van der Waals surface area contributed by atoms with Gasteiger partial charge in [0.05, 0.1) is 6.61 Å². The van der Waals surface area contributed by atoms with Gasteiger partial charge in [0.15, 0.2) is 0 Å². The summed E-state index contributed by atoms with van der Waals surface area (Å²) in [6.07, 6.45) is 2.54. The summed E-state index contributed by atoms with van der Waals surface area (Å²) in [7, 11) is 4.09. The highest BCUT2D eigenvalue weighted by atomic mass is 16.5. The zero-order valence-corrected chi connectivity index (χ0v) is 10.2. The molecule has 0 saturated carbocycles. The van der Waals surface area contributed by atoms with Gasteiger partial charge in [-0.1, -0.05) is 0 Å². The van der Waals surface area contributed by atoms with E-state index in [1.54, 1.807) is 6.92 Å². The molecule has 0 spiro atoms. The molecule has 0 unspecified atom stereocenters. The van der Waals surface area contributed by atoms with Crippen LogP contribution in [0.5, 0.6) is 0 Å². The monoisotopic (exact) mass is 214 g/mol. The van der Waals surface area contributed by atoms with Crippen LogP contribution in [0.15, 0.2) is 11.8 Å².